The minimum absolute atomic E-state index is 0.686. The van der Waals surface area contributed by atoms with E-state index in [0.717, 1.165) is 5.02 Å². The fourth-order valence-electron chi connectivity index (χ4n) is 1.59. The summed E-state index contributed by atoms with van der Waals surface area (Å²) < 4.78 is 0. The number of rotatable bonds is 2. The van der Waals surface area contributed by atoms with Crippen molar-refractivity contribution in [1.82, 2.24) is 5.32 Å². The molecule has 2 heteroatoms. The molecule has 1 aliphatic rings. The summed E-state index contributed by atoms with van der Waals surface area (Å²) in [5.74, 6) is 0.715. The molecule has 12 heavy (non-hydrogen) atoms. The lowest BCUT2D eigenvalue weighted by Gasteiger charge is -1.98. The molecule has 0 bridgehead atoms. The summed E-state index contributed by atoms with van der Waals surface area (Å²) in [7, 11) is 2.01. The van der Waals surface area contributed by atoms with E-state index in [2.05, 4.69) is 17.4 Å². The predicted molar refractivity (Wildman–Crippen MR) is 51.7 cm³/mol. The Morgan fingerprint density at radius 2 is 2.00 bits per heavy atom. The molecule has 1 aliphatic carbocycles. The maximum absolute atomic E-state index is 5.79. The fourth-order valence-corrected chi connectivity index (χ4v) is 1.72. The Hall–Kier alpha value is -0.530. The van der Waals surface area contributed by atoms with Gasteiger partial charge in [0, 0.05) is 17.0 Å². The van der Waals surface area contributed by atoms with Crippen LogP contribution < -0.4 is 5.32 Å². The van der Waals surface area contributed by atoms with Crippen LogP contribution in [0.2, 0.25) is 5.02 Å². The van der Waals surface area contributed by atoms with Gasteiger partial charge >= 0.3 is 0 Å². The van der Waals surface area contributed by atoms with E-state index in [0.29, 0.717) is 12.0 Å². The summed E-state index contributed by atoms with van der Waals surface area (Å²) in [6.45, 7) is 0. The van der Waals surface area contributed by atoms with Gasteiger partial charge in [0.25, 0.3) is 0 Å². The average molecular weight is 182 g/mol. The third-order valence-electron chi connectivity index (χ3n) is 2.46. The standard InChI is InChI=1S/C10H12ClN/c1-12-10-6-9(10)7-2-4-8(11)5-3-7/h2-5,9-10,12H,6H2,1H3/t9?,10-/m1/s1. The van der Waals surface area contributed by atoms with Crippen LogP contribution in [-0.2, 0) is 0 Å². The zero-order valence-electron chi connectivity index (χ0n) is 7.05. The van der Waals surface area contributed by atoms with Crippen LogP contribution in [0.15, 0.2) is 24.3 Å². The lowest BCUT2D eigenvalue weighted by molar-refractivity contribution is 0.783. The summed E-state index contributed by atoms with van der Waals surface area (Å²) in [6, 6.07) is 8.84. The molecular formula is C10H12ClN. The highest BCUT2D eigenvalue weighted by atomic mass is 35.5. The van der Waals surface area contributed by atoms with Gasteiger partial charge in [0.05, 0.1) is 0 Å². The molecule has 0 saturated heterocycles. The highest BCUT2D eigenvalue weighted by molar-refractivity contribution is 6.30. The maximum Gasteiger partial charge on any atom is 0.0406 e. The van der Waals surface area contributed by atoms with Gasteiger partial charge in [0.1, 0.15) is 0 Å². The lowest BCUT2D eigenvalue weighted by Crippen LogP contribution is -2.09. The van der Waals surface area contributed by atoms with E-state index in [-0.39, 0.29) is 0 Å². The zero-order valence-corrected chi connectivity index (χ0v) is 7.81. The molecule has 1 aromatic rings. The first-order valence-electron chi connectivity index (χ1n) is 4.24. The molecular weight excluding hydrogens is 170 g/mol. The van der Waals surface area contributed by atoms with Crippen LogP contribution in [0.4, 0.5) is 0 Å². The molecule has 2 atom stereocenters. The summed E-state index contributed by atoms with van der Waals surface area (Å²) in [4.78, 5) is 0. The van der Waals surface area contributed by atoms with Crippen molar-refractivity contribution in [2.24, 2.45) is 0 Å². The Bertz CT molecular complexity index is 268. The van der Waals surface area contributed by atoms with E-state index < -0.39 is 0 Å². The van der Waals surface area contributed by atoms with E-state index in [1.165, 1.54) is 12.0 Å². The topological polar surface area (TPSA) is 12.0 Å². The second-order valence-corrected chi connectivity index (χ2v) is 3.73. The number of benzene rings is 1. The van der Waals surface area contributed by atoms with E-state index in [9.17, 15) is 0 Å². The molecule has 0 amide bonds. The molecule has 0 heterocycles. The smallest absolute Gasteiger partial charge is 0.0406 e. The van der Waals surface area contributed by atoms with Crippen molar-refractivity contribution < 1.29 is 0 Å². The molecule has 1 nitrogen and oxygen atoms in total. The number of halogens is 1. The summed E-state index contributed by atoms with van der Waals surface area (Å²) in [6.07, 6.45) is 1.26. The van der Waals surface area contributed by atoms with E-state index in [1.807, 2.05) is 19.2 Å². The summed E-state index contributed by atoms with van der Waals surface area (Å²) in [5, 5.41) is 4.09. The van der Waals surface area contributed by atoms with Gasteiger partial charge in [-0.3, -0.25) is 0 Å². The highest BCUT2D eigenvalue weighted by Gasteiger charge is 2.36. The van der Waals surface area contributed by atoms with Crippen molar-refractivity contribution in [3.05, 3.63) is 34.9 Å². The normalized spacial score (nSPS) is 27.2. The Balaban J connectivity index is 2.10. The molecule has 0 radical (unpaired) electrons. The van der Waals surface area contributed by atoms with Gasteiger partial charge in [-0.25, -0.2) is 0 Å². The summed E-state index contributed by atoms with van der Waals surface area (Å²) in [5.41, 5.74) is 1.40. The quantitative estimate of drug-likeness (QED) is 0.739. The van der Waals surface area contributed by atoms with Crippen molar-refractivity contribution in [2.75, 3.05) is 7.05 Å². The first-order valence-corrected chi connectivity index (χ1v) is 4.62. The minimum Gasteiger partial charge on any atom is -0.316 e. The van der Waals surface area contributed by atoms with Crippen molar-refractivity contribution >= 4 is 11.6 Å². The van der Waals surface area contributed by atoms with Crippen LogP contribution in [0.25, 0.3) is 0 Å². The Kier molecular flexibility index (Phi) is 2.07. The molecule has 64 valence electrons. The number of hydrogen-bond acceptors (Lipinski definition) is 1. The van der Waals surface area contributed by atoms with Gasteiger partial charge < -0.3 is 5.32 Å². The third-order valence-corrected chi connectivity index (χ3v) is 2.71. The number of likely N-dealkylation sites (N-methyl/N-ethyl adjacent to an activating group) is 1. The second kappa shape index (κ2) is 3.08. The molecule has 1 N–H and O–H groups in total. The molecule has 0 spiro atoms. The number of nitrogens with one attached hydrogen (secondary N) is 1. The van der Waals surface area contributed by atoms with Crippen molar-refractivity contribution in [3.63, 3.8) is 0 Å². The van der Waals surface area contributed by atoms with Gasteiger partial charge in [0.15, 0.2) is 0 Å². The van der Waals surface area contributed by atoms with Crippen LogP contribution in [0.5, 0.6) is 0 Å². The molecule has 1 aromatic carbocycles. The van der Waals surface area contributed by atoms with Gasteiger partial charge in [-0.2, -0.15) is 0 Å². The number of hydrogen-bond donors (Lipinski definition) is 1. The first-order chi connectivity index (χ1) is 5.81. The maximum atomic E-state index is 5.79. The first kappa shape index (κ1) is 8.09. The highest BCUT2D eigenvalue weighted by Crippen LogP contribution is 2.40. The average Bonchev–Trinajstić information content (AvgIpc) is 2.85. The Morgan fingerprint density at radius 1 is 1.33 bits per heavy atom. The van der Waals surface area contributed by atoms with Gasteiger partial charge in [-0.15, -0.1) is 0 Å². The lowest BCUT2D eigenvalue weighted by atomic mass is 10.1. The molecule has 1 unspecified atom stereocenters. The van der Waals surface area contributed by atoms with Crippen LogP contribution in [0.3, 0.4) is 0 Å². The molecule has 0 aliphatic heterocycles. The summed E-state index contributed by atoms with van der Waals surface area (Å²) >= 11 is 5.79. The fraction of sp³-hybridized carbons (Fsp3) is 0.400. The van der Waals surface area contributed by atoms with E-state index >= 15 is 0 Å². The van der Waals surface area contributed by atoms with Gasteiger partial charge in [-0.05, 0) is 31.2 Å². The van der Waals surface area contributed by atoms with E-state index in [4.69, 9.17) is 11.6 Å². The zero-order chi connectivity index (χ0) is 8.55. The van der Waals surface area contributed by atoms with Gasteiger partial charge in [0.2, 0.25) is 0 Å². The minimum atomic E-state index is 0.686. The predicted octanol–water partition coefficient (Wildman–Crippen LogP) is 2.42. The van der Waals surface area contributed by atoms with Crippen LogP contribution >= 0.6 is 11.6 Å². The van der Waals surface area contributed by atoms with Crippen LogP contribution in [0.1, 0.15) is 17.9 Å². The van der Waals surface area contributed by atoms with Crippen LogP contribution in [0, 0.1) is 0 Å². The molecule has 0 aromatic heterocycles. The Morgan fingerprint density at radius 3 is 2.50 bits per heavy atom. The van der Waals surface area contributed by atoms with Crippen molar-refractivity contribution in [2.45, 2.75) is 18.4 Å². The largest absolute Gasteiger partial charge is 0.316 e. The van der Waals surface area contributed by atoms with Crippen molar-refractivity contribution in [1.29, 1.82) is 0 Å². The Labute approximate surface area is 77.7 Å². The molecule has 1 fully saturated rings. The molecule has 2 rings (SSSR count). The van der Waals surface area contributed by atoms with E-state index in [1.54, 1.807) is 0 Å². The monoisotopic (exact) mass is 181 g/mol. The second-order valence-electron chi connectivity index (χ2n) is 3.29. The van der Waals surface area contributed by atoms with Crippen LogP contribution in [-0.4, -0.2) is 13.1 Å². The van der Waals surface area contributed by atoms with Gasteiger partial charge in [-0.1, -0.05) is 23.7 Å². The third kappa shape index (κ3) is 1.47. The van der Waals surface area contributed by atoms with Crippen molar-refractivity contribution in [3.8, 4) is 0 Å². The SMILES string of the molecule is CN[C@@H]1CC1c1ccc(Cl)cc1. The molecule has 1 saturated carbocycles.